The molecular weight excluding hydrogens is 436 g/mol. The lowest BCUT2D eigenvalue weighted by molar-refractivity contribution is -0.117. The molecule has 0 radical (unpaired) electrons. The summed E-state index contributed by atoms with van der Waals surface area (Å²) < 4.78 is 27.8. The number of fused-ring (bicyclic) bond motifs is 2. The molecule has 7 nitrogen and oxygen atoms in total. The van der Waals surface area contributed by atoms with Gasteiger partial charge in [0.25, 0.3) is 0 Å². The second kappa shape index (κ2) is 10.3. The highest BCUT2D eigenvalue weighted by Crippen LogP contribution is 2.49. The summed E-state index contributed by atoms with van der Waals surface area (Å²) >= 11 is 0. The Balaban J connectivity index is 1.57. The SMILES string of the molecule is CCN1CCN(c2ccc(S(=O)(=O)N(CC)CC)cc2NC(=O)CC2CC3CCC2C3)CC1. The highest BCUT2D eigenvalue weighted by Gasteiger charge is 2.40. The number of hydrogen-bond acceptors (Lipinski definition) is 5. The number of carbonyl (C=O) groups is 1. The van der Waals surface area contributed by atoms with Crippen molar-refractivity contribution in [2.45, 2.75) is 57.8 Å². The van der Waals surface area contributed by atoms with Crippen LogP contribution in [0, 0.1) is 17.8 Å². The summed E-state index contributed by atoms with van der Waals surface area (Å²) in [7, 11) is -3.59. The largest absolute Gasteiger partial charge is 0.367 e. The van der Waals surface area contributed by atoms with Gasteiger partial charge in [-0.3, -0.25) is 4.79 Å². The lowest BCUT2D eigenvalue weighted by Gasteiger charge is -2.36. The van der Waals surface area contributed by atoms with Crippen molar-refractivity contribution in [1.82, 2.24) is 9.21 Å². The number of rotatable bonds is 9. The molecule has 0 spiro atoms. The molecule has 3 aliphatic rings. The number of piperazine rings is 1. The number of benzene rings is 1. The van der Waals surface area contributed by atoms with Crippen molar-refractivity contribution in [3.63, 3.8) is 0 Å². The molecule has 1 N–H and O–H groups in total. The zero-order valence-electron chi connectivity index (χ0n) is 20.4. The first-order valence-corrected chi connectivity index (χ1v) is 14.2. The molecule has 33 heavy (non-hydrogen) atoms. The van der Waals surface area contributed by atoms with Gasteiger partial charge in [-0.05, 0) is 61.8 Å². The van der Waals surface area contributed by atoms with E-state index in [0.29, 0.717) is 37.0 Å². The minimum atomic E-state index is -3.59. The van der Waals surface area contributed by atoms with Crippen LogP contribution in [0.5, 0.6) is 0 Å². The van der Waals surface area contributed by atoms with Gasteiger partial charge in [0.15, 0.2) is 0 Å². The van der Waals surface area contributed by atoms with Gasteiger partial charge in [-0.15, -0.1) is 0 Å². The van der Waals surface area contributed by atoms with Crippen LogP contribution in [-0.4, -0.2) is 69.3 Å². The molecule has 2 bridgehead atoms. The number of sulfonamides is 1. The van der Waals surface area contributed by atoms with Gasteiger partial charge in [-0.2, -0.15) is 4.31 Å². The first-order valence-electron chi connectivity index (χ1n) is 12.8. The number of likely N-dealkylation sites (N-methyl/N-ethyl adjacent to an activating group) is 1. The van der Waals surface area contributed by atoms with Crippen molar-refractivity contribution in [2.24, 2.45) is 17.8 Å². The Bertz CT molecular complexity index is 939. The smallest absolute Gasteiger partial charge is 0.243 e. The van der Waals surface area contributed by atoms with Gasteiger partial charge in [-0.1, -0.05) is 27.2 Å². The predicted molar refractivity (Wildman–Crippen MR) is 133 cm³/mol. The number of amides is 1. The highest BCUT2D eigenvalue weighted by atomic mass is 32.2. The summed E-state index contributed by atoms with van der Waals surface area (Å²) in [4.78, 5) is 18.0. The zero-order chi connectivity index (χ0) is 23.6. The molecule has 1 heterocycles. The van der Waals surface area contributed by atoms with E-state index in [-0.39, 0.29) is 10.8 Å². The van der Waals surface area contributed by atoms with Crippen molar-refractivity contribution in [1.29, 1.82) is 0 Å². The molecule has 8 heteroatoms. The van der Waals surface area contributed by atoms with Crippen LogP contribution in [0.1, 0.15) is 52.9 Å². The quantitative estimate of drug-likeness (QED) is 0.589. The van der Waals surface area contributed by atoms with Crippen molar-refractivity contribution in [3.05, 3.63) is 18.2 Å². The number of anilines is 2. The second-order valence-electron chi connectivity index (χ2n) is 9.88. The lowest BCUT2D eigenvalue weighted by atomic mass is 9.86. The Morgan fingerprint density at radius 1 is 1.06 bits per heavy atom. The average molecular weight is 477 g/mol. The summed E-state index contributed by atoms with van der Waals surface area (Å²) in [5.74, 6) is 1.98. The molecule has 2 saturated carbocycles. The van der Waals surface area contributed by atoms with Crippen LogP contribution < -0.4 is 10.2 Å². The van der Waals surface area contributed by atoms with Crippen LogP contribution in [0.4, 0.5) is 11.4 Å². The fraction of sp³-hybridized carbons (Fsp3) is 0.720. The molecule has 4 rings (SSSR count). The molecule has 184 valence electrons. The van der Waals surface area contributed by atoms with Crippen LogP contribution in [0.3, 0.4) is 0 Å². The van der Waals surface area contributed by atoms with E-state index in [4.69, 9.17) is 0 Å². The second-order valence-corrected chi connectivity index (χ2v) is 11.8. The van der Waals surface area contributed by atoms with E-state index in [1.807, 2.05) is 19.9 Å². The molecule has 1 saturated heterocycles. The molecular formula is C25H40N4O3S. The van der Waals surface area contributed by atoms with Crippen molar-refractivity contribution in [3.8, 4) is 0 Å². The summed E-state index contributed by atoms with van der Waals surface area (Å²) in [6, 6.07) is 5.25. The van der Waals surface area contributed by atoms with Gasteiger partial charge in [0.1, 0.15) is 0 Å². The van der Waals surface area contributed by atoms with E-state index in [1.54, 1.807) is 12.1 Å². The van der Waals surface area contributed by atoms with Crippen LogP contribution in [0.15, 0.2) is 23.1 Å². The molecule has 1 amide bonds. The van der Waals surface area contributed by atoms with E-state index in [9.17, 15) is 13.2 Å². The van der Waals surface area contributed by atoms with Gasteiger partial charge in [0.2, 0.25) is 15.9 Å². The Labute approximate surface area is 199 Å². The first kappa shape index (κ1) is 24.5. The molecule has 0 aromatic heterocycles. The molecule has 3 fully saturated rings. The van der Waals surface area contributed by atoms with E-state index in [1.165, 1.54) is 30.0 Å². The lowest BCUT2D eigenvalue weighted by Crippen LogP contribution is -2.46. The minimum absolute atomic E-state index is 0.0124. The third-order valence-corrected chi connectivity index (χ3v) is 10.1. The maximum absolute atomic E-state index is 13.2. The van der Waals surface area contributed by atoms with E-state index >= 15 is 0 Å². The van der Waals surface area contributed by atoms with Crippen LogP contribution in [0.25, 0.3) is 0 Å². The Hall–Kier alpha value is -1.64. The normalized spacial score (nSPS) is 25.7. The third kappa shape index (κ3) is 5.23. The third-order valence-electron chi connectivity index (χ3n) is 8.08. The predicted octanol–water partition coefficient (Wildman–Crippen LogP) is 3.62. The summed E-state index contributed by atoms with van der Waals surface area (Å²) in [5, 5.41) is 3.13. The molecule has 1 aliphatic heterocycles. The zero-order valence-corrected chi connectivity index (χ0v) is 21.2. The topological polar surface area (TPSA) is 73.0 Å². The van der Waals surface area contributed by atoms with Crippen LogP contribution in [0.2, 0.25) is 0 Å². The first-order chi connectivity index (χ1) is 15.8. The molecule has 1 aromatic rings. The van der Waals surface area contributed by atoms with E-state index in [2.05, 4.69) is 22.0 Å². The molecule has 1 aromatic carbocycles. The summed E-state index contributed by atoms with van der Waals surface area (Å²) in [6.45, 7) is 11.4. The summed E-state index contributed by atoms with van der Waals surface area (Å²) in [5.41, 5.74) is 1.55. The van der Waals surface area contributed by atoms with Gasteiger partial charge in [0.05, 0.1) is 16.3 Å². The van der Waals surface area contributed by atoms with Gasteiger partial charge >= 0.3 is 0 Å². The maximum atomic E-state index is 13.2. The monoisotopic (exact) mass is 476 g/mol. The number of nitrogens with zero attached hydrogens (tertiary/aromatic N) is 3. The van der Waals surface area contributed by atoms with Gasteiger partial charge in [0, 0.05) is 45.7 Å². The fourth-order valence-electron chi connectivity index (χ4n) is 6.13. The van der Waals surface area contributed by atoms with Crippen LogP contribution >= 0.6 is 0 Å². The average Bonchev–Trinajstić information content (AvgIpc) is 3.43. The number of nitrogens with one attached hydrogen (secondary N) is 1. The number of carbonyl (C=O) groups excluding carboxylic acids is 1. The van der Waals surface area contributed by atoms with Crippen molar-refractivity contribution in [2.75, 3.05) is 56.0 Å². The van der Waals surface area contributed by atoms with Crippen molar-refractivity contribution >= 4 is 27.3 Å². The van der Waals surface area contributed by atoms with Crippen LogP contribution in [-0.2, 0) is 14.8 Å². The minimum Gasteiger partial charge on any atom is -0.367 e. The molecule has 3 atom stereocenters. The maximum Gasteiger partial charge on any atom is 0.243 e. The summed E-state index contributed by atoms with van der Waals surface area (Å²) in [6.07, 6.45) is 5.56. The Morgan fingerprint density at radius 3 is 2.36 bits per heavy atom. The van der Waals surface area contributed by atoms with Gasteiger partial charge in [-0.25, -0.2) is 8.42 Å². The Morgan fingerprint density at radius 2 is 1.79 bits per heavy atom. The standard InChI is InChI=1S/C25H40N4O3S/c1-4-27-11-13-28(14-12-27)24-10-9-22(33(31,32)29(5-2)6-3)18-23(24)26-25(30)17-21-16-19-7-8-20(21)15-19/h9-10,18-21H,4-8,11-17H2,1-3H3,(H,26,30). The Kier molecular flexibility index (Phi) is 7.66. The van der Waals surface area contributed by atoms with Crippen molar-refractivity contribution < 1.29 is 13.2 Å². The number of hydrogen-bond donors (Lipinski definition) is 1. The van der Waals surface area contributed by atoms with Gasteiger partial charge < -0.3 is 15.1 Å². The van der Waals surface area contributed by atoms with E-state index in [0.717, 1.165) is 44.3 Å². The van der Waals surface area contributed by atoms with E-state index < -0.39 is 10.0 Å². The molecule has 3 unspecified atom stereocenters. The molecule has 2 aliphatic carbocycles. The fourth-order valence-corrected chi connectivity index (χ4v) is 7.62. The highest BCUT2D eigenvalue weighted by molar-refractivity contribution is 7.89.